The zero-order valence-electron chi connectivity index (χ0n) is 15.9. The second-order valence-corrected chi connectivity index (χ2v) is 8.20. The van der Waals surface area contributed by atoms with Crippen LogP contribution in [0.25, 0.3) is 5.69 Å². The van der Waals surface area contributed by atoms with Gasteiger partial charge in [0.1, 0.15) is 0 Å². The Bertz CT molecular complexity index is 1090. The molecule has 146 valence electrons. The summed E-state index contributed by atoms with van der Waals surface area (Å²) < 4.78 is 27.6. The van der Waals surface area contributed by atoms with E-state index in [1.807, 2.05) is 48.9 Å². The number of carbonyl (C=O) groups excluding carboxylic acids is 1. The number of hydrogen-bond donors (Lipinski definition) is 2. The van der Waals surface area contributed by atoms with Crippen LogP contribution >= 0.6 is 0 Å². The molecule has 0 fully saturated rings. The third-order valence-electron chi connectivity index (χ3n) is 4.56. The molecule has 0 aliphatic heterocycles. The monoisotopic (exact) mass is 398 g/mol. The van der Waals surface area contributed by atoms with E-state index in [0.717, 1.165) is 22.6 Å². The van der Waals surface area contributed by atoms with Gasteiger partial charge in [0.25, 0.3) is 5.91 Å². The first-order valence-electron chi connectivity index (χ1n) is 8.76. The average molecular weight is 398 g/mol. The van der Waals surface area contributed by atoms with E-state index in [1.165, 1.54) is 31.3 Å². The van der Waals surface area contributed by atoms with Crippen molar-refractivity contribution in [1.82, 2.24) is 19.8 Å². The van der Waals surface area contributed by atoms with Crippen molar-refractivity contribution >= 4 is 15.9 Å². The van der Waals surface area contributed by atoms with Crippen LogP contribution in [0.1, 0.15) is 27.3 Å². The normalized spacial score (nSPS) is 11.4. The van der Waals surface area contributed by atoms with E-state index in [1.54, 1.807) is 0 Å². The second kappa shape index (κ2) is 7.95. The standard InChI is InChI=1S/C20H22N4O3S/c1-14-19(15(2)24(23-14)17-7-5-4-6-8-17)13-22-20(25)16-9-11-18(12-10-16)28(26,27)21-3/h4-12,21H,13H2,1-3H3,(H,22,25). The first kappa shape index (κ1) is 19.8. The molecule has 0 radical (unpaired) electrons. The summed E-state index contributed by atoms with van der Waals surface area (Å²) in [4.78, 5) is 12.6. The van der Waals surface area contributed by atoms with Crippen molar-refractivity contribution < 1.29 is 13.2 Å². The minimum Gasteiger partial charge on any atom is -0.348 e. The lowest BCUT2D eigenvalue weighted by atomic mass is 10.1. The van der Waals surface area contributed by atoms with Gasteiger partial charge in [-0.05, 0) is 57.3 Å². The maximum atomic E-state index is 12.4. The SMILES string of the molecule is CNS(=O)(=O)c1ccc(C(=O)NCc2c(C)nn(-c3ccccc3)c2C)cc1. The van der Waals surface area contributed by atoms with Gasteiger partial charge in [-0.1, -0.05) is 18.2 Å². The van der Waals surface area contributed by atoms with Gasteiger partial charge in [-0.15, -0.1) is 0 Å². The fourth-order valence-corrected chi connectivity index (χ4v) is 3.66. The van der Waals surface area contributed by atoms with Crippen LogP contribution in [-0.4, -0.2) is 31.2 Å². The predicted molar refractivity (Wildman–Crippen MR) is 107 cm³/mol. The van der Waals surface area contributed by atoms with Crippen molar-refractivity contribution in [1.29, 1.82) is 0 Å². The molecule has 0 aliphatic rings. The minimum absolute atomic E-state index is 0.113. The predicted octanol–water partition coefficient (Wildman–Crippen LogP) is 2.33. The molecule has 1 amide bonds. The summed E-state index contributed by atoms with van der Waals surface area (Å²) in [6.45, 7) is 4.21. The molecule has 3 aromatic rings. The van der Waals surface area contributed by atoms with Gasteiger partial charge in [0, 0.05) is 23.4 Å². The van der Waals surface area contributed by atoms with E-state index in [2.05, 4.69) is 15.1 Å². The maximum absolute atomic E-state index is 12.4. The summed E-state index contributed by atoms with van der Waals surface area (Å²) in [7, 11) is -2.18. The van der Waals surface area contributed by atoms with Gasteiger partial charge in [0.05, 0.1) is 16.3 Å². The minimum atomic E-state index is -3.52. The zero-order chi connectivity index (χ0) is 20.3. The number of nitrogens with one attached hydrogen (secondary N) is 2. The summed E-state index contributed by atoms with van der Waals surface area (Å²) in [5.41, 5.74) is 4.10. The van der Waals surface area contributed by atoms with Crippen molar-refractivity contribution in [3.63, 3.8) is 0 Å². The highest BCUT2D eigenvalue weighted by Crippen LogP contribution is 2.18. The molecule has 7 nitrogen and oxygen atoms in total. The van der Waals surface area contributed by atoms with Gasteiger partial charge in [0.15, 0.2) is 0 Å². The number of nitrogens with zero attached hydrogens (tertiary/aromatic N) is 2. The summed E-state index contributed by atoms with van der Waals surface area (Å²) in [5.74, 6) is -0.278. The van der Waals surface area contributed by atoms with Crippen LogP contribution in [0, 0.1) is 13.8 Å². The highest BCUT2D eigenvalue weighted by Gasteiger charge is 2.15. The van der Waals surface area contributed by atoms with Crippen molar-refractivity contribution in [3.05, 3.63) is 77.1 Å². The highest BCUT2D eigenvalue weighted by atomic mass is 32.2. The van der Waals surface area contributed by atoms with Crippen molar-refractivity contribution in [2.24, 2.45) is 0 Å². The summed E-state index contributed by atoms with van der Waals surface area (Å²) >= 11 is 0. The van der Waals surface area contributed by atoms with E-state index in [9.17, 15) is 13.2 Å². The Hall–Kier alpha value is -2.97. The number of benzene rings is 2. The van der Waals surface area contributed by atoms with E-state index >= 15 is 0 Å². The quantitative estimate of drug-likeness (QED) is 0.666. The molecule has 1 heterocycles. The molecule has 1 aromatic heterocycles. The third kappa shape index (κ3) is 3.97. The number of aryl methyl sites for hydroxylation is 1. The lowest BCUT2D eigenvalue weighted by Gasteiger charge is -2.08. The van der Waals surface area contributed by atoms with Crippen molar-refractivity contribution in [2.75, 3.05) is 7.05 Å². The molecule has 0 aliphatic carbocycles. The van der Waals surface area contributed by atoms with Crippen LogP contribution in [0.3, 0.4) is 0 Å². The van der Waals surface area contributed by atoms with E-state index in [-0.39, 0.29) is 10.8 Å². The van der Waals surface area contributed by atoms with E-state index in [0.29, 0.717) is 12.1 Å². The van der Waals surface area contributed by atoms with Crippen molar-refractivity contribution in [3.8, 4) is 5.69 Å². The second-order valence-electron chi connectivity index (χ2n) is 6.31. The molecule has 0 saturated heterocycles. The van der Waals surface area contributed by atoms with Crippen LogP contribution in [0.4, 0.5) is 0 Å². The lowest BCUT2D eigenvalue weighted by molar-refractivity contribution is 0.0950. The maximum Gasteiger partial charge on any atom is 0.251 e. The molecule has 0 saturated carbocycles. The molecule has 28 heavy (non-hydrogen) atoms. The van der Waals surface area contributed by atoms with Gasteiger partial charge in [-0.2, -0.15) is 5.10 Å². The molecule has 3 rings (SSSR count). The topological polar surface area (TPSA) is 93.1 Å². The molecular formula is C20H22N4O3S. The number of sulfonamides is 1. The molecule has 2 N–H and O–H groups in total. The fraction of sp³-hybridized carbons (Fsp3) is 0.200. The van der Waals surface area contributed by atoms with Crippen LogP contribution in [0.5, 0.6) is 0 Å². The van der Waals surface area contributed by atoms with Crippen LogP contribution < -0.4 is 10.0 Å². The van der Waals surface area contributed by atoms with Gasteiger partial charge < -0.3 is 5.32 Å². The smallest absolute Gasteiger partial charge is 0.251 e. The summed E-state index contributed by atoms with van der Waals surface area (Å²) in [6.07, 6.45) is 0. The van der Waals surface area contributed by atoms with Gasteiger partial charge in [-0.3, -0.25) is 4.79 Å². The Morgan fingerprint density at radius 1 is 1.04 bits per heavy atom. The number of carbonyl (C=O) groups is 1. The fourth-order valence-electron chi connectivity index (χ4n) is 2.93. The average Bonchev–Trinajstić information content (AvgIpc) is 3.00. The summed E-state index contributed by atoms with van der Waals surface area (Å²) in [6, 6.07) is 15.6. The Balaban J connectivity index is 1.74. The van der Waals surface area contributed by atoms with Crippen LogP contribution in [0.2, 0.25) is 0 Å². The van der Waals surface area contributed by atoms with E-state index < -0.39 is 10.0 Å². The summed E-state index contributed by atoms with van der Waals surface area (Å²) in [5, 5.41) is 7.45. The largest absolute Gasteiger partial charge is 0.348 e. The Morgan fingerprint density at radius 3 is 2.29 bits per heavy atom. The number of hydrogen-bond acceptors (Lipinski definition) is 4. The lowest BCUT2D eigenvalue weighted by Crippen LogP contribution is -2.24. The first-order chi connectivity index (χ1) is 13.3. The Labute approximate surface area is 164 Å². The van der Waals surface area contributed by atoms with Crippen molar-refractivity contribution in [2.45, 2.75) is 25.3 Å². The number of para-hydroxylation sites is 1. The Morgan fingerprint density at radius 2 is 1.68 bits per heavy atom. The van der Waals surface area contributed by atoms with Gasteiger partial charge in [0.2, 0.25) is 10.0 Å². The van der Waals surface area contributed by atoms with Gasteiger partial charge >= 0.3 is 0 Å². The molecular weight excluding hydrogens is 376 g/mol. The number of aromatic nitrogens is 2. The molecule has 0 spiro atoms. The van der Waals surface area contributed by atoms with Gasteiger partial charge in [-0.25, -0.2) is 17.8 Å². The number of amides is 1. The molecule has 0 atom stereocenters. The Kier molecular flexibility index (Phi) is 5.62. The van der Waals surface area contributed by atoms with E-state index in [4.69, 9.17) is 0 Å². The molecule has 0 bridgehead atoms. The molecule has 2 aromatic carbocycles. The third-order valence-corrected chi connectivity index (χ3v) is 5.99. The molecule has 8 heteroatoms. The highest BCUT2D eigenvalue weighted by molar-refractivity contribution is 7.89. The first-order valence-corrected chi connectivity index (χ1v) is 10.2. The van der Waals surface area contributed by atoms with Crippen LogP contribution in [0.15, 0.2) is 59.5 Å². The van der Waals surface area contributed by atoms with Crippen LogP contribution in [-0.2, 0) is 16.6 Å². The zero-order valence-corrected chi connectivity index (χ0v) is 16.7. The molecule has 0 unspecified atom stereocenters. The number of rotatable bonds is 6.